The molecule has 0 unspecified atom stereocenters. The minimum atomic E-state index is -0.627. The van der Waals surface area contributed by atoms with Crippen LogP contribution in [0.1, 0.15) is 27.7 Å². The molecule has 5 rings (SSSR count). The minimum absolute atomic E-state index is 0.0410. The smallest absolute Gasteiger partial charge is 0.296 e. The molecule has 1 aliphatic heterocycles. The molecule has 136 valence electrons. The number of hydrogen-bond acceptors (Lipinski definition) is 4. The standard InChI is InChI=1S/C22H13ClN2O3/c23-14-9-10-16-15(12-14)20(26)18-19(13-6-2-1-3-7-13)25(22(27)21(18)28-16)17-8-4-5-11-24-17/h1-12,19H/t19-/m1/s1. The Morgan fingerprint density at radius 3 is 2.50 bits per heavy atom. The molecule has 2 aromatic heterocycles. The van der Waals surface area contributed by atoms with Gasteiger partial charge in [0.2, 0.25) is 5.76 Å². The monoisotopic (exact) mass is 388 g/mol. The minimum Gasteiger partial charge on any atom is -0.450 e. The maximum atomic E-state index is 13.4. The fourth-order valence-corrected chi connectivity index (χ4v) is 3.80. The van der Waals surface area contributed by atoms with Gasteiger partial charge in [0.25, 0.3) is 5.91 Å². The number of aromatic nitrogens is 1. The molecule has 2 aromatic carbocycles. The molecule has 0 aliphatic carbocycles. The first-order chi connectivity index (χ1) is 13.6. The van der Waals surface area contributed by atoms with E-state index in [2.05, 4.69) is 4.98 Å². The second kappa shape index (κ2) is 6.32. The van der Waals surface area contributed by atoms with E-state index in [0.717, 1.165) is 5.56 Å². The van der Waals surface area contributed by atoms with Crippen LogP contribution in [0.4, 0.5) is 5.82 Å². The van der Waals surface area contributed by atoms with Gasteiger partial charge >= 0.3 is 0 Å². The molecule has 0 bridgehead atoms. The number of amides is 1. The summed E-state index contributed by atoms with van der Waals surface area (Å²) in [7, 11) is 0. The second-order valence-electron chi connectivity index (χ2n) is 6.49. The Morgan fingerprint density at radius 2 is 1.75 bits per heavy atom. The first-order valence-corrected chi connectivity index (χ1v) is 9.09. The van der Waals surface area contributed by atoms with Crippen LogP contribution in [0.25, 0.3) is 11.0 Å². The van der Waals surface area contributed by atoms with Crippen molar-refractivity contribution in [1.29, 1.82) is 0 Å². The SMILES string of the molecule is O=C1c2oc3ccc(Cl)cc3c(=O)c2[C@@H](c2ccccc2)N1c1ccccn1. The molecule has 6 heteroatoms. The molecule has 1 atom stereocenters. The van der Waals surface area contributed by atoms with Crippen molar-refractivity contribution in [2.45, 2.75) is 6.04 Å². The zero-order valence-corrected chi connectivity index (χ0v) is 15.3. The van der Waals surface area contributed by atoms with Crippen LogP contribution in [0, 0.1) is 0 Å². The van der Waals surface area contributed by atoms with Crippen LogP contribution in [0.3, 0.4) is 0 Å². The number of carbonyl (C=O) groups is 1. The third-order valence-corrected chi connectivity index (χ3v) is 5.08. The lowest BCUT2D eigenvalue weighted by Gasteiger charge is -2.24. The van der Waals surface area contributed by atoms with Crippen molar-refractivity contribution in [1.82, 2.24) is 4.98 Å². The highest BCUT2D eigenvalue weighted by Crippen LogP contribution is 2.40. The molecule has 0 spiro atoms. The normalized spacial score (nSPS) is 15.8. The molecule has 0 radical (unpaired) electrons. The Bertz CT molecular complexity index is 1270. The number of halogens is 1. The molecular weight excluding hydrogens is 376 g/mol. The largest absolute Gasteiger partial charge is 0.450 e. The highest BCUT2D eigenvalue weighted by atomic mass is 35.5. The molecule has 0 N–H and O–H groups in total. The van der Waals surface area contributed by atoms with Crippen LogP contribution in [0.15, 0.2) is 82.1 Å². The van der Waals surface area contributed by atoms with Gasteiger partial charge in [-0.25, -0.2) is 4.98 Å². The zero-order valence-electron chi connectivity index (χ0n) is 14.5. The lowest BCUT2D eigenvalue weighted by molar-refractivity contribution is 0.0970. The maximum absolute atomic E-state index is 13.4. The van der Waals surface area contributed by atoms with Gasteiger partial charge in [0.05, 0.1) is 17.0 Å². The first-order valence-electron chi connectivity index (χ1n) is 8.71. The summed E-state index contributed by atoms with van der Waals surface area (Å²) < 4.78 is 5.88. The van der Waals surface area contributed by atoms with E-state index < -0.39 is 11.9 Å². The molecule has 28 heavy (non-hydrogen) atoms. The van der Waals surface area contributed by atoms with Crippen molar-refractivity contribution in [2.75, 3.05) is 4.90 Å². The topological polar surface area (TPSA) is 63.4 Å². The van der Waals surface area contributed by atoms with E-state index in [1.54, 1.807) is 42.6 Å². The predicted molar refractivity (Wildman–Crippen MR) is 107 cm³/mol. The van der Waals surface area contributed by atoms with Crippen LogP contribution in [0.5, 0.6) is 0 Å². The fourth-order valence-electron chi connectivity index (χ4n) is 3.63. The van der Waals surface area contributed by atoms with Gasteiger partial charge in [-0.15, -0.1) is 0 Å². The molecule has 5 nitrogen and oxygen atoms in total. The number of pyridine rings is 1. The Labute approximate surface area is 164 Å². The van der Waals surface area contributed by atoms with Crippen LogP contribution in [0.2, 0.25) is 5.02 Å². The molecule has 0 saturated heterocycles. The predicted octanol–water partition coefficient (Wildman–Crippen LogP) is 4.59. The van der Waals surface area contributed by atoms with Crippen LogP contribution in [-0.4, -0.2) is 10.9 Å². The van der Waals surface area contributed by atoms with E-state index in [0.29, 0.717) is 27.4 Å². The van der Waals surface area contributed by atoms with Gasteiger partial charge < -0.3 is 4.42 Å². The van der Waals surface area contributed by atoms with Crippen LogP contribution in [-0.2, 0) is 0 Å². The van der Waals surface area contributed by atoms with Crippen molar-refractivity contribution < 1.29 is 9.21 Å². The molecule has 3 heterocycles. The van der Waals surface area contributed by atoms with Crippen molar-refractivity contribution in [3.63, 3.8) is 0 Å². The Kier molecular flexibility index (Phi) is 3.77. The summed E-state index contributed by atoms with van der Waals surface area (Å²) in [5.41, 5.74) is 1.17. The molecule has 4 aromatic rings. The van der Waals surface area contributed by atoms with E-state index in [4.69, 9.17) is 16.0 Å². The summed E-state index contributed by atoms with van der Waals surface area (Å²) in [6.45, 7) is 0. The van der Waals surface area contributed by atoms with Gasteiger partial charge in [-0.1, -0.05) is 48.0 Å². The maximum Gasteiger partial charge on any atom is 0.296 e. The first kappa shape index (κ1) is 16.7. The van der Waals surface area contributed by atoms with Crippen LogP contribution < -0.4 is 10.3 Å². The zero-order chi connectivity index (χ0) is 19.3. The van der Waals surface area contributed by atoms with E-state index in [1.807, 2.05) is 30.3 Å². The Morgan fingerprint density at radius 1 is 0.964 bits per heavy atom. The van der Waals surface area contributed by atoms with Crippen molar-refractivity contribution >= 4 is 34.3 Å². The third-order valence-electron chi connectivity index (χ3n) is 4.84. The number of fused-ring (bicyclic) bond motifs is 2. The van der Waals surface area contributed by atoms with E-state index in [1.165, 1.54) is 4.90 Å². The summed E-state index contributed by atoms with van der Waals surface area (Å²) in [5, 5.41) is 0.782. The van der Waals surface area contributed by atoms with Gasteiger partial charge in [0.15, 0.2) is 5.43 Å². The van der Waals surface area contributed by atoms with Gasteiger partial charge in [-0.3, -0.25) is 14.5 Å². The van der Waals surface area contributed by atoms with Crippen LogP contribution >= 0.6 is 11.6 Å². The molecular formula is C22H13ClN2O3. The summed E-state index contributed by atoms with van der Waals surface area (Å²) in [4.78, 5) is 32.5. The molecule has 1 aliphatic rings. The number of anilines is 1. The average molecular weight is 389 g/mol. The highest BCUT2D eigenvalue weighted by Gasteiger charge is 2.44. The highest BCUT2D eigenvalue weighted by molar-refractivity contribution is 6.31. The van der Waals surface area contributed by atoms with E-state index in [9.17, 15) is 9.59 Å². The summed E-state index contributed by atoms with van der Waals surface area (Å²) in [6.07, 6.45) is 1.61. The van der Waals surface area contributed by atoms with E-state index in [-0.39, 0.29) is 11.2 Å². The fraction of sp³-hybridized carbons (Fsp3) is 0.0455. The van der Waals surface area contributed by atoms with Gasteiger partial charge in [0, 0.05) is 11.2 Å². The number of carbonyl (C=O) groups excluding carboxylic acids is 1. The number of rotatable bonds is 2. The average Bonchev–Trinajstić information content (AvgIpc) is 3.03. The van der Waals surface area contributed by atoms with Crippen molar-refractivity contribution in [2.24, 2.45) is 0 Å². The number of hydrogen-bond donors (Lipinski definition) is 0. The van der Waals surface area contributed by atoms with Crippen molar-refractivity contribution in [3.8, 4) is 0 Å². The number of benzene rings is 2. The van der Waals surface area contributed by atoms with Gasteiger partial charge in [-0.05, 0) is 35.9 Å². The van der Waals surface area contributed by atoms with Crippen molar-refractivity contribution in [3.05, 3.63) is 105 Å². The van der Waals surface area contributed by atoms with Gasteiger partial charge in [-0.2, -0.15) is 0 Å². The second-order valence-corrected chi connectivity index (χ2v) is 6.93. The number of nitrogens with zero attached hydrogens (tertiary/aromatic N) is 2. The summed E-state index contributed by atoms with van der Waals surface area (Å²) >= 11 is 6.08. The molecule has 0 fully saturated rings. The van der Waals surface area contributed by atoms with Gasteiger partial charge in [0.1, 0.15) is 11.4 Å². The lowest BCUT2D eigenvalue weighted by Crippen LogP contribution is -2.30. The molecule has 1 amide bonds. The van der Waals surface area contributed by atoms with E-state index >= 15 is 0 Å². The summed E-state index contributed by atoms with van der Waals surface area (Å²) in [5.74, 6) is 0.102. The molecule has 0 saturated carbocycles. The lowest BCUT2D eigenvalue weighted by atomic mass is 9.98. The quantitative estimate of drug-likeness (QED) is 0.503. The summed E-state index contributed by atoms with van der Waals surface area (Å²) in [6, 6.07) is 18.9. The Balaban J connectivity index is 1.84. The Hall–Kier alpha value is -3.44. The third kappa shape index (κ3) is 2.44.